The summed E-state index contributed by atoms with van der Waals surface area (Å²) in [5.41, 5.74) is 1.99. The fourth-order valence-electron chi connectivity index (χ4n) is 5.35. The van der Waals surface area contributed by atoms with Crippen LogP contribution in [0.1, 0.15) is 71.7 Å². The van der Waals surface area contributed by atoms with Gasteiger partial charge in [0.1, 0.15) is 29.1 Å². The van der Waals surface area contributed by atoms with Gasteiger partial charge >= 0.3 is 11.9 Å². The zero-order chi connectivity index (χ0) is 32.2. The summed E-state index contributed by atoms with van der Waals surface area (Å²) in [6, 6.07) is 9.28. The van der Waals surface area contributed by atoms with Crippen molar-refractivity contribution in [1.82, 2.24) is 4.98 Å². The number of fused-ring (bicyclic) bond motifs is 1. The molecule has 1 saturated heterocycles. The average molecular weight is 633 g/mol. The van der Waals surface area contributed by atoms with Crippen molar-refractivity contribution >= 4 is 39.9 Å². The number of rotatable bonds is 12. The Kier molecular flexibility index (Phi) is 9.57. The first-order chi connectivity index (χ1) is 21.7. The lowest BCUT2D eigenvalue weighted by Gasteiger charge is -2.24. The first-order valence-electron chi connectivity index (χ1n) is 14.9. The number of ether oxygens (including phenoxy) is 4. The molecular weight excluding hydrogens is 596 g/mol. The van der Waals surface area contributed by atoms with Crippen molar-refractivity contribution in [3.8, 4) is 17.2 Å². The van der Waals surface area contributed by atoms with Crippen molar-refractivity contribution in [2.24, 2.45) is 0 Å². The molecule has 2 aromatic carbocycles. The van der Waals surface area contributed by atoms with E-state index in [1.807, 2.05) is 13.8 Å². The van der Waals surface area contributed by atoms with Crippen LogP contribution in [-0.4, -0.2) is 53.7 Å². The molecule has 10 nitrogen and oxygen atoms in total. The molecule has 0 saturated carbocycles. The van der Waals surface area contributed by atoms with Gasteiger partial charge in [-0.1, -0.05) is 43.4 Å². The number of anilines is 1. The van der Waals surface area contributed by atoms with E-state index in [1.165, 1.54) is 11.0 Å². The third-order valence-electron chi connectivity index (χ3n) is 7.46. The van der Waals surface area contributed by atoms with Gasteiger partial charge in [0.05, 0.1) is 30.5 Å². The predicted molar refractivity (Wildman–Crippen MR) is 170 cm³/mol. The summed E-state index contributed by atoms with van der Waals surface area (Å²) < 4.78 is 22.9. The van der Waals surface area contributed by atoms with Crippen LogP contribution in [0.15, 0.2) is 54.6 Å². The van der Waals surface area contributed by atoms with Crippen molar-refractivity contribution in [3.63, 3.8) is 0 Å². The molecule has 2 aliphatic rings. The van der Waals surface area contributed by atoms with E-state index in [9.17, 15) is 19.5 Å². The molecule has 11 heteroatoms. The van der Waals surface area contributed by atoms with Crippen LogP contribution in [0.2, 0.25) is 0 Å². The number of carbonyl (C=O) groups excluding carboxylic acids is 3. The van der Waals surface area contributed by atoms with Gasteiger partial charge in [-0.25, -0.2) is 9.78 Å². The predicted octanol–water partition coefficient (Wildman–Crippen LogP) is 6.32. The standard InChI is InChI=1S/C34H36N2O8S/c1-6-9-15-42-25-13-10-21(18-26(25)41-8-3)28-27(29(37)22-11-12-24-23(17-22)16-19(4)44-24)30(38)32(39)36(28)34-35-20(5)31(45-34)33(40)43-14-7-2/h7,10-13,17-19,28,37H,2,6,8-9,14-16H2,1,3-5H3/b29-27-. The van der Waals surface area contributed by atoms with Crippen molar-refractivity contribution in [2.75, 3.05) is 24.7 Å². The number of thiazole rings is 1. The zero-order valence-electron chi connectivity index (χ0n) is 25.8. The molecule has 0 bridgehead atoms. The van der Waals surface area contributed by atoms with E-state index >= 15 is 0 Å². The molecule has 2 aliphatic heterocycles. The monoisotopic (exact) mass is 632 g/mol. The lowest BCUT2D eigenvalue weighted by molar-refractivity contribution is -0.132. The summed E-state index contributed by atoms with van der Waals surface area (Å²) in [6.07, 6.45) is 3.90. The molecule has 45 heavy (non-hydrogen) atoms. The molecule has 1 aromatic heterocycles. The number of ketones is 1. The number of amides is 1. The van der Waals surface area contributed by atoms with Crippen LogP contribution in [0.25, 0.3) is 5.76 Å². The number of aliphatic hydroxyl groups is 1. The molecule has 0 spiro atoms. The Morgan fingerprint density at radius 3 is 2.71 bits per heavy atom. The van der Waals surface area contributed by atoms with Crippen LogP contribution in [0.4, 0.5) is 5.13 Å². The van der Waals surface area contributed by atoms with E-state index in [-0.39, 0.29) is 34.1 Å². The number of hydrogen-bond donors (Lipinski definition) is 1. The van der Waals surface area contributed by atoms with Crippen molar-refractivity contribution in [1.29, 1.82) is 0 Å². The lowest BCUT2D eigenvalue weighted by Crippen LogP contribution is -2.29. The van der Waals surface area contributed by atoms with E-state index in [1.54, 1.807) is 43.3 Å². The van der Waals surface area contributed by atoms with Gasteiger partial charge in [0.15, 0.2) is 16.6 Å². The van der Waals surface area contributed by atoms with Crippen molar-refractivity contribution in [2.45, 2.75) is 59.1 Å². The van der Waals surface area contributed by atoms with Gasteiger partial charge in [-0.2, -0.15) is 0 Å². The maximum atomic E-state index is 13.8. The second kappa shape index (κ2) is 13.6. The van der Waals surface area contributed by atoms with Crippen LogP contribution in [0.5, 0.6) is 17.2 Å². The number of aliphatic hydroxyl groups excluding tert-OH is 1. The highest BCUT2D eigenvalue weighted by atomic mass is 32.1. The molecule has 236 valence electrons. The Morgan fingerprint density at radius 1 is 1.18 bits per heavy atom. The maximum Gasteiger partial charge on any atom is 0.350 e. The molecular formula is C34H36N2O8S. The Bertz CT molecular complexity index is 1680. The van der Waals surface area contributed by atoms with Gasteiger partial charge in [0, 0.05) is 12.0 Å². The Morgan fingerprint density at radius 2 is 1.98 bits per heavy atom. The van der Waals surface area contributed by atoms with E-state index < -0.39 is 23.7 Å². The molecule has 5 rings (SSSR count). The topological polar surface area (TPSA) is 124 Å². The Balaban J connectivity index is 1.66. The number of aryl methyl sites for hydroxylation is 1. The van der Waals surface area contributed by atoms with Gasteiger partial charge in [-0.15, -0.1) is 0 Å². The highest BCUT2D eigenvalue weighted by Crippen LogP contribution is 2.46. The van der Waals surface area contributed by atoms with E-state index in [0.717, 1.165) is 29.7 Å². The fourth-order valence-corrected chi connectivity index (χ4v) is 6.34. The summed E-state index contributed by atoms with van der Waals surface area (Å²) in [4.78, 5) is 46.2. The van der Waals surface area contributed by atoms with Crippen LogP contribution in [0, 0.1) is 6.92 Å². The summed E-state index contributed by atoms with van der Waals surface area (Å²) >= 11 is 0.933. The normalized spacial score (nSPS) is 18.4. The number of esters is 1. The van der Waals surface area contributed by atoms with Crippen molar-refractivity contribution in [3.05, 3.63) is 81.9 Å². The first-order valence-corrected chi connectivity index (χ1v) is 15.8. The van der Waals surface area contributed by atoms with Crippen LogP contribution < -0.4 is 19.1 Å². The number of hydrogen-bond acceptors (Lipinski definition) is 10. The van der Waals surface area contributed by atoms with Crippen molar-refractivity contribution < 1.29 is 38.4 Å². The van der Waals surface area contributed by atoms with Crippen LogP contribution >= 0.6 is 11.3 Å². The third kappa shape index (κ3) is 6.30. The van der Waals surface area contributed by atoms with Gasteiger partial charge in [0.25, 0.3) is 5.78 Å². The first kappa shape index (κ1) is 31.8. The number of aromatic nitrogens is 1. The van der Waals surface area contributed by atoms with E-state index in [2.05, 4.69) is 18.5 Å². The molecule has 3 heterocycles. The SMILES string of the molecule is C=CCOC(=O)c1sc(N2C(=O)C(=O)/C(=C(\O)c3ccc4c(c3)CC(C)O4)C2c2ccc(OCCCC)c(OCC)c2)nc1C. The Hall–Kier alpha value is -4.64. The van der Waals surface area contributed by atoms with E-state index in [0.29, 0.717) is 53.7 Å². The summed E-state index contributed by atoms with van der Waals surface area (Å²) in [7, 11) is 0. The fraction of sp³-hybridized carbons (Fsp3) is 0.353. The minimum Gasteiger partial charge on any atom is -0.507 e. The van der Waals surface area contributed by atoms with Gasteiger partial charge in [-0.3, -0.25) is 14.5 Å². The third-order valence-corrected chi connectivity index (χ3v) is 8.60. The maximum absolute atomic E-state index is 13.8. The molecule has 1 amide bonds. The van der Waals surface area contributed by atoms with Crippen LogP contribution in [0.3, 0.4) is 0 Å². The van der Waals surface area contributed by atoms with Gasteiger partial charge in [-0.05, 0) is 68.7 Å². The number of carbonyl (C=O) groups is 3. The molecule has 2 atom stereocenters. The van der Waals surface area contributed by atoms with Crippen LogP contribution in [-0.2, 0) is 20.7 Å². The molecule has 3 aromatic rings. The molecule has 0 radical (unpaired) electrons. The largest absolute Gasteiger partial charge is 0.507 e. The molecule has 1 N–H and O–H groups in total. The smallest absolute Gasteiger partial charge is 0.350 e. The molecule has 1 fully saturated rings. The average Bonchev–Trinajstić information content (AvgIpc) is 3.67. The van der Waals surface area contributed by atoms with Gasteiger partial charge in [0.2, 0.25) is 0 Å². The lowest BCUT2D eigenvalue weighted by atomic mass is 9.94. The quantitative estimate of drug-likeness (QED) is 0.0610. The zero-order valence-corrected chi connectivity index (χ0v) is 26.6. The number of unbranched alkanes of at least 4 members (excludes halogenated alkanes) is 1. The summed E-state index contributed by atoms with van der Waals surface area (Å²) in [5, 5.41) is 11.8. The summed E-state index contributed by atoms with van der Waals surface area (Å²) in [6.45, 7) is 11.9. The second-order valence-electron chi connectivity index (χ2n) is 10.8. The Labute approximate surface area is 265 Å². The number of Topliss-reactive ketones (excluding diaryl/α,β-unsaturated/α-hetero) is 1. The summed E-state index contributed by atoms with van der Waals surface area (Å²) in [5.74, 6) is -1.05. The highest BCUT2D eigenvalue weighted by Gasteiger charge is 2.49. The number of benzene rings is 2. The minimum atomic E-state index is -1.08. The highest BCUT2D eigenvalue weighted by molar-refractivity contribution is 7.17. The molecule has 2 unspecified atom stereocenters. The minimum absolute atomic E-state index is 0.00744. The van der Waals surface area contributed by atoms with E-state index in [4.69, 9.17) is 18.9 Å². The second-order valence-corrected chi connectivity index (χ2v) is 11.7. The number of nitrogens with zero attached hydrogens (tertiary/aromatic N) is 2. The molecule has 0 aliphatic carbocycles. The van der Waals surface area contributed by atoms with Gasteiger partial charge < -0.3 is 24.1 Å².